The molecule has 2 rings (SSSR count). The molecule has 0 aliphatic heterocycles. The van der Waals surface area contributed by atoms with E-state index in [1.165, 1.54) is 0 Å². The Balaban J connectivity index is 2.39. The highest BCUT2D eigenvalue weighted by Gasteiger charge is 2.06. The summed E-state index contributed by atoms with van der Waals surface area (Å²) in [7, 11) is -3.32. The summed E-state index contributed by atoms with van der Waals surface area (Å²) in [5.41, 5.74) is 2.90. The fourth-order valence-electron chi connectivity index (χ4n) is 1.78. The number of nitrogens with one attached hydrogen (secondary N) is 1. The number of sulfonamides is 1. The highest BCUT2D eigenvalue weighted by atomic mass is 32.2. The lowest BCUT2D eigenvalue weighted by Gasteiger charge is -2.08. The van der Waals surface area contributed by atoms with Gasteiger partial charge in [0, 0.05) is 5.71 Å². The van der Waals surface area contributed by atoms with Gasteiger partial charge in [0.2, 0.25) is 10.0 Å². The van der Waals surface area contributed by atoms with E-state index in [0.29, 0.717) is 11.4 Å². The maximum Gasteiger partial charge on any atom is 0.229 e. The highest BCUT2D eigenvalue weighted by molar-refractivity contribution is 7.92. The van der Waals surface area contributed by atoms with Crippen LogP contribution in [0.15, 0.2) is 59.6 Å². The number of nitrogens with zero attached hydrogens (tertiary/aromatic N) is 1. The molecule has 1 N–H and O–H groups in total. The van der Waals surface area contributed by atoms with Crippen molar-refractivity contribution in [3.05, 3.63) is 60.2 Å². The number of hydrogen-bond acceptors (Lipinski definition) is 3. The molecule has 0 unspecified atom stereocenters. The fourth-order valence-corrected chi connectivity index (χ4v) is 2.35. The Labute approximate surface area is 119 Å². The van der Waals surface area contributed by atoms with Crippen LogP contribution in [0.5, 0.6) is 0 Å². The van der Waals surface area contributed by atoms with Gasteiger partial charge < -0.3 is 0 Å². The van der Waals surface area contributed by atoms with Crippen LogP contribution in [0.3, 0.4) is 0 Å². The molecule has 0 radical (unpaired) electrons. The molecule has 0 bridgehead atoms. The van der Waals surface area contributed by atoms with Gasteiger partial charge in [0.05, 0.1) is 17.6 Å². The van der Waals surface area contributed by atoms with E-state index >= 15 is 0 Å². The molecular weight excluding hydrogens is 272 g/mol. The van der Waals surface area contributed by atoms with Crippen molar-refractivity contribution in [2.75, 3.05) is 11.0 Å². The first kappa shape index (κ1) is 14.3. The molecule has 0 saturated carbocycles. The molecule has 0 fully saturated rings. The van der Waals surface area contributed by atoms with Crippen molar-refractivity contribution in [2.24, 2.45) is 4.99 Å². The summed E-state index contributed by atoms with van der Waals surface area (Å²) in [4.78, 5) is 4.50. The van der Waals surface area contributed by atoms with Gasteiger partial charge in [-0.1, -0.05) is 42.5 Å². The number of rotatable bonds is 4. The smallest absolute Gasteiger partial charge is 0.229 e. The normalized spacial score (nSPS) is 12.2. The Hall–Kier alpha value is -2.14. The first-order valence-electron chi connectivity index (χ1n) is 6.13. The van der Waals surface area contributed by atoms with E-state index in [1.54, 1.807) is 18.2 Å². The van der Waals surface area contributed by atoms with Gasteiger partial charge >= 0.3 is 0 Å². The zero-order valence-electron chi connectivity index (χ0n) is 11.4. The summed E-state index contributed by atoms with van der Waals surface area (Å²) in [5.74, 6) is 0. The van der Waals surface area contributed by atoms with E-state index in [4.69, 9.17) is 0 Å². The Kier molecular flexibility index (Phi) is 4.20. The van der Waals surface area contributed by atoms with Crippen LogP contribution in [0, 0.1) is 0 Å². The minimum atomic E-state index is -3.32. The second-order valence-corrected chi connectivity index (χ2v) is 6.20. The van der Waals surface area contributed by atoms with Crippen molar-refractivity contribution >= 4 is 27.1 Å². The van der Waals surface area contributed by atoms with Crippen molar-refractivity contribution in [3.63, 3.8) is 0 Å². The number of para-hydroxylation sites is 2. The van der Waals surface area contributed by atoms with E-state index in [1.807, 2.05) is 43.3 Å². The predicted molar refractivity (Wildman–Crippen MR) is 83.2 cm³/mol. The van der Waals surface area contributed by atoms with Gasteiger partial charge in [-0.2, -0.15) is 0 Å². The van der Waals surface area contributed by atoms with Crippen LogP contribution < -0.4 is 4.72 Å². The van der Waals surface area contributed by atoms with Gasteiger partial charge in [0.1, 0.15) is 0 Å². The molecule has 0 aliphatic rings. The van der Waals surface area contributed by atoms with E-state index < -0.39 is 10.0 Å². The lowest BCUT2D eigenvalue weighted by molar-refractivity contribution is 0.607. The van der Waals surface area contributed by atoms with E-state index in [9.17, 15) is 8.42 Å². The summed E-state index contributed by atoms with van der Waals surface area (Å²) in [6, 6.07) is 16.8. The Morgan fingerprint density at radius 2 is 1.60 bits per heavy atom. The van der Waals surface area contributed by atoms with Crippen LogP contribution in [0.1, 0.15) is 12.5 Å². The minimum absolute atomic E-state index is 0.477. The Morgan fingerprint density at radius 1 is 1.00 bits per heavy atom. The van der Waals surface area contributed by atoms with E-state index in [-0.39, 0.29) is 0 Å². The third kappa shape index (κ3) is 3.93. The largest absolute Gasteiger partial charge is 0.282 e. The summed E-state index contributed by atoms with van der Waals surface area (Å²) in [5, 5.41) is 0. The van der Waals surface area contributed by atoms with E-state index in [2.05, 4.69) is 9.71 Å². The van der Waals surface area contributed by atoms with Crippen LogP contribution >= 0.6 is 0 Å². The summed E-state index contributed by atoms with van der Waals surface area (Å²) in [6.45, 7) is 1.90. The minimum Gasteiger partial charge on any atom is -0.282 e. The van der Waals surface area contributed by atoms with Gasteiger partial charge in [0.25, 0.3) is 0 Å². The third-order valence-electron chi connectivity index (χ3n) is 2.68. The molecule has 0 spiro atoms. The molecule has 0 aliphatic carbocycles. The fraction of sp³-hybridized carbons (Fsp3) is 0.133. The van der Waals surface area contributed by atoms with Gasteiger partial charge in [-0.05, 0) is 24.6 Å². The molecule has 0 saturated heterocycles. The van der Waals surface area contributed by atoms with E-state index in [0.717, 1.165) is 17.5 Å². The van der Waals surface area contributed by atoms with Crippen LogP contribution in [-0.2, 0) is 10.0 Å². The topological polar surface area (TPSA) is 58.5 Å². The van der Waals surface area contributed by atoms with Gasteiger partial charge in [-0.15, -0.1) is 0 Å². The zero-order valence-corrected chi connectivity index (χ0v) is 12.2. The standard InChI is InChI=1S/C15H16N2O2S/c1-12(13-8-4-3-5-9-13)16-14-10-6-7-11-15(14)17-20(2,18)19/h3-11,17H,1-2H3. The average Bonchev–Trinajstić information content (AvgIpc) is 2.40. The summed E-state index contributed by atoms with van der Waals surface area (Å²) >= 11 is 0. The lowest BCUT2D eigenvalue weighted by atomic mass is 10.1. The number of benzene rings is 2. The quantitative estimate of drug-likeness (QED) is 0.878. The first-order chi connectivity index (χ1) is 9.46. The number of hydrogen-bond donors (Lipinski definition) is 1. The highest BCUT2D eigenvalue weighted by Crippen LogP contribution is 2.26. The van der Waals surface area contributed by atoms with Gasteiger partial charge in [-0.3, -0.25) is 9.71 Å². The Morgan fingerprint density at radius 3 is 2.25 bits per heavy atom. The predicted octanol–water partition coefficient (Wildman–Crippen LogP) is 3.20. The van der Waals surface area contributed by atoms with Crippen LogP contribution in [0.4, 0.5) is 11.4 Å². The summed E-state index contributed by atoms with van der Waals surface area (Å²) in [6.07, 6.45) is 1.12. The average molecular weight is 288 g/mol. The SMILES string of the molecule is CC(=Nc1ccccc1NS(C)(=O)=O)c1ccccc1. The molecule has 0 amide bonds. The first-order valence-corrected chi connectivity index (χ1v) is 8.02. The molecule has 2 aromatic rings. The van der Waals surface area contributed by atoms with Crippen molar-refractivity contribution < 1.29 is 8.42 Å². The molecular formula is C15H16N2O2S. The molecule has 5 heteroatoms. The van der Waals surface area contributed by atoms with Crippen molar-refractivity contribution in [2.45, 2.75) is 6.92 Å². The zero-order chi connectivity index (χ0) is 14.6. The van der Waals surface area contributed by atoms with Crippen molar-refractivity contribution in [3.8, 4) is 0 Å². The van der Waals surface area contributed by atoms with Crippen molar-refractivity contribution in [1.82, 2.24) is 0 Å². The third-order valence-corrected chi connectivity index (χ3v) is 3.27. The van der Waals surface area contributed by atoms with Gasteiger partial charge in [-0.25, -0.2) is 8.42 Å². The number of aliphatic imine (C=N–C) groups is 1. The molecule has 4 nitrogen and oxygen atoms in total. The van der Waals surface area contributed by atoms with Crippen LogP contribution in [0.25, 0.3) is 0 Å². The second kappa shape index (κ2) is 5.88. The monoisotopic (exact) mass is 288 g/mol. The maximum atomic E-state index is 11.3. The number of anilines is 1. The molecule has 20 heavy (non-hydrogen) atoms. The maximum absolute atomic E-state index is 11.3. The molecule has 0 aromatic heterocycles. The second-order valence-electron chi connectivity index (χ2n) is 4.45. The van der Waals surface area contributed by atoms with Crippen LogP contribution in [-0.4, -0.2) is 20.4 Å². The lowest BCUT2D eigenvalue weighted by Crippen LogP contribution is -2.09. The molecule has 0 heterocycles. The Bertz CT molecular complexity index is 723. The van der Waals surface area contributed by atoms with Crippen molar-refractivity contribution in [1.29, 1.82) is 0 Å². The summed E-state index contributed by atoms with van der Waals surface area (Å²) < 4.78 is 25.2. The van der Waals surface area contributed by atoms with Gasteiger partial charge in [0.15, 0.2) is 0 Å². The molecule has 2 aromatic carbocycles. The molecule has 104 valence electrons. The molecule has 0 atom stereocenters. The van der Waals surface area contributed by atoms with Crippen LogP contribution in [0.2, 0.25) is 0 Å².